The molecule has 0 aliphatic rings. The van der Waals surface area contributed by atoms with Crippen LogP contribution in [0.5, 0.6) is 0 Å². The second kappa shape index (κ2) is 9.08. The zero-order valence-electron chi connectivity index (χ0n) is 12.1. The first kappa shape index (κ1) is 16.2. The number of esters is 1. The van der Waals surface area contributed by atoms with Crippen molar-refractivity contribution in [3.8, 4) is 0 Å². The number of carbonyl (C=O) groups excluding carboxylic acids is 1. The van der Waals surface area contributed by atoms with E-state index in [2.05, 4.69) is 11.7 Å². The molecule has 20 heavy (non-hydrogen) atoms. The lowest BCUT2D eigenvalue weighted by Crippen LogP contribution is -1.93. The lowest BCUT2D eigenvalue weighted by molar-refractivity contribution is -0.134. The zero-order chi connectivity index (χ0) is 14.8. The van der Waals surface area contributed by atoms with E-state index in [1.165, 1.54) is 25.3 Å². The smallest absolute Gasteiger partial charge is 0.330 e. The highest BCUT2D eigenvalue weighted by Gasteiger charge is 2.02. The highest BCUT2D eigenvalue weighted by atomic mass is 19.1. The summed E-state index contributed by atoms with van der Waals surface area (Å²) in [7, 11) is 1.34. The van der Waals surface area contributed by atoms with Gasteiger partial charge in [-0.2, -0.15) is 0 Å². The van der Waals surface area contributed by atoms with E-state index in [0.717, 1.165) is 36.8 Å². The van der Waals surface area contributed by atoms with Crippen LogP contribution in [0, 0.1) is 5.82 Å². The molecule has 0 aromatic heterocycles. The molecule has 108 valence electrons. The molecule has 0 bridgehead atoms. The molecule has 0 spiro atoms. The Morgan fingerprint density at radius 3 is 2.80 bits per heavy atom. The van der Waals surface area contributed by atoms with Crippen molar-refractivity contribution in [3.05, 3.63) is 53.9 Å². The standard InChI is InChI=1S/C17H21FO2/c1-3-4-5-8-14(9-7-12-17(19)20-2)15-10-6-11-16(18)13-15/h6-7,9-13H,3-5,8H2,1-2H3/b12-7+,14-9+. The summed E-state index contributed by atoms with van der Waals surface area (Å²) in [5, 5.41) is 0. The van der Waals surface area contributed by atoms with Crippen LogP contribution in [0.25, 0.3) is 5.57 Å². The number of halogens is 1. The van der Waals surface area contributed by atoms with E-state index in [1.807, 2.05) is 12.1 Å². The third-order valence-corrected chi connectivity index (χ3v) is 2.98. The van der Waals surface area contributed by atoms with Crippen LogP contribution in [0.2, 0.25) is 0 Å². The van der Waals surface area contributed by atoms with E-state index in [4.69, 9.17) is 0 Å². The molecule has 0 N–H and O–H groups in total. The Morgan fingerprint density at radius 1 is 1.35 bits per heavy atom. The molecule has 1 aromatic rings. The molecule has 0 saturated heterocycles. The maximum absolute atomic E-state index is 13.3. The summed E-state index contributed by atoms with van der Waals surface area (Å²) < 4.78 is 17.8. The van der Waals surface area contributed by atoms with Crippen molar-refractivity contribution in [3.63, 3.8) is 0 Å². The number of allylic oxidation sites excluding steroid dienone is 3. The minimum Gasteiger partial charge on any atom is -0.466 e. The van der Waals surface area contributed by atoms with Crippen molar-refractivity contribution in [1.82, 2.24) is 0 Å². The number of ether oxygens (including phenoxy) is 1. The van der Waals surface area contributed by atoms with Crippen molar-refractivity contribution in [2.24, 2.45) is 0 Å². The highest BCUT2D eigenvalue weighted by Crippen LogP contribution is 2.22. The SMILES string of the molecule is CCCCC/C(=C\C=C\C(=O)OC)c1cccc(F)c1. The molecule has 2 nitrogen and oxygen atoms in total. The molecule has 0 heterocycles. The molecule has 0 unspecified atom stereocenters. The summed E-state index contributed by atoms with van der Waals surface area (Å²) in [5.74, 6) is -0.644. The summed E-state index contributed by atoms with van der Waals surface area (Å²) in [6.07, 6.45) is 9.04. The third kappa shape index (κ3) is 5.83. The summed E-state index contributed by atoms with van der Waals surface area (Å²) >= 11 is 0. The summed E-state index contributed by atoms with van der Waals surface area (Å²) in [4.78, 5) is 11.0. The van der Waals surface area contributed by atoms with Gasteiger partial charge in [-0.3, -0.25) is 0 Å². The lowest BCUT2D eigenvalue weighted by Gasteiger charge is -2.07. The molecule has 0 aliphatic carbocycles. The number of methoxy groups -OCH3 is 1. The van der Waals surface area contributed by atoms with Crippen LogP contribution in [-0.4, -0.2) is 13.1 Å². The first-order valence-corrected chi connectivity index (χ1v) is 6.88. The number of hydrogen-bond acceptors (Lipinski definition) is 2. The van der Waals surface area contributed by atoms with Gasteiger partial charge in [-0.25, -0.2) is 9.18 Å². The van der Waals surface area contributed by atoms with Gasteiger partial charge in [-0.1, -0.05) is 44.1 Å². The molecule has 0 saturated carbocycles. The highest BCUT2D eigenvalue weighted by molar-refractivity contribution is 5.82. The second-order valence-corrected chi connectivity index (χ2v) is 4.54. The number of unbranched alkanes of at least 4 members (excludes halogenated alkanes) is 2. The van der Waals surface area contributed by atoms with E-state index in [0.29, 0.717) is 0 Å². The van der Waals surface area contributed by atoms with E-state index in [-0.39, 0.29) is 5.82 Å². The second-order valence-electron chi connectivity index (χ2n) is 4.54. The lowest BCUT2D eigenvalue weighted by atomic mass is 9.99. The quantitative estimate of drug-likeness (QED) is 0.317. The van der Waals surface area contributed by atoms with Crippen LogP contribution in [0.15, 0.2) is 42.5 Å². The fourth-order valence-corrected chi connectivity index (χ4v) is 1.89. The molecule has 0 atom stereocenters. The molecule has 0 fully saturated rings. The van der Waals surface area contributed by atoms with Gasteiger partial charge in [0.25, 0.3) is 0 Å². The Bertz CT molecular complexity index is 490. The van der Waals surface area contributed by atoms with Gasteiger partial charge in [0.1, 0.15) is 5.82 Å². The van der Waals surface area contributed by atoms with Crippen LogP contribution >= 0.6 is 0 Å². The maximum atomic E-state index is 13.3. The average molecular weight is 276 g/mol. The number of carbonyl (C=O) groups is 1. The summed E-state index contributed by atoms with van der Waals surface area (Å²) in [6.45, 7) is 2.14. The predicted molar refractivity (Wildman–Crippen MR) is 79.7 cm³/mol. The van der Waals surface area contributed by atoms with E-state index in [9.17, 15) is 9.18 Å². The fraction of sp³-hybridized carbons (Fsp3) is 0.353. The fourth-order valence-electron chi connectivity index (χ4n) is 1.89. The van der Waals surface area contributed by atoms with E-state index >= 15 is 0 Å². The minimum absolute atomic E-state index is 0.249. The van der Waals surface area contributed by atoms with Crippen molar-refractivity contribution in [1.29, 1.82) is 0 Å². The van der Waals surface area contributed by atoms with Gasteiger partial charge in [0.05, 0.1) is 7.11 Å². The molecule has 0 radical (unpaired) electrons. The predicted octanol–water partition coefficient (Wildman–Crippen LogP) is 4.52. The minimum atomic E-state index is -0.395. The Kier molecular flexibility index (Phi) is 7.33. The van der Waals surface area contributed by atoms with Gasteiger partial charge < -0.3 is 4.74 Å². The van der Waals surface area contributed by atoms with Crippen LogP contribution in [0.3, 0.4) is 0 Å². The maximum Gasteiger partial charge on any atom is 0.330 e. The number of hydrogen-bond donors (Lipinski definition) is 0. The summed E-state index contributed by atoms with van der Waals surface area (Å²) in [5.41, 5.74) is 1.88. The van der Waals surface area contributed by atoms with Gasteiger partial charge in [0.2, 0.25) is 0 Å². The molecule has 0 amide bonds. The molecule has 1 rings (SSSR count). The normalized spacial score (nSPS) is 11.8. The first-order valence-electron chi connectivity index (χ1n) is 6.88. The largest absolute Gasteiger partial charge is 0.466 e. The van der Waals surface area contributed by atoms with E-state index < -0.39 is 5.97 Å². The van der Waals surface area contributed by atoms with Gasteiger partial charge in [0.15, 0.2) is 0 Å². The molecule has 0 aliphatic heterocycles. The van der Waals surface area contributed by atoms with Gasteiger partial charge in [0, 0.05) is 6.08 Å². The zero-order valence-corrected chi connectivity index (χ0v) is 12.1. The summed E-state index contributed by atoms with van der Waals surface area (Å²) in [6, 6.07) is 6.52. The topological polar surface area (TPSA) is 26.3 Å². The Hall–Kier alpha value is -1.90. The Labute approximate surface area is 120 Å². The van der Waals surface area contributed by atoms with Crippen molar-refractivity contribution < 1.29 is 13.9 Å². The average Bonchev–Trinajstić information content (AvgIpc) is 2.45. The van der Waals surface area contributed by atoms with Crippen molar-refractivity contribution in [2.75, 3.05) is 7.11 Å². The van der Waals surface area contributed by atoms with Gasteiger partial charge >= 0.3 is 5.97 Å². The molecule has 3 heteroatoms. The van der Waals surface area contributed by atoms with Crippen molar-refractivity contribution in [2.45, 2.75) is 32.6 Å². The Balaban J connectivity index is 2.87. The number of benzene rings is 1. The van der Waals surface area contributed by atoms with Crippen LogP contribution in [0.1, 0.15) is 38.2 Å². The van der Waals surface area contributed by atoms with Crippen molar-refractivity contribution >= 4 is 11.5 Å². The molecular formula is C17H21FO2. The number of rotatable bonds is 7. The Morgan fingerprint density at radius 2 is 2.15 bits per heavy atom. The van der Waals surface area contributed by atoms with E-state index in [1.54, 1.807) is 12.1 Å². The van der Waals surface area contributed by atoms with Gasteiger partial charge in [-0.05, 0) is 36.1 Å². The van der Waals surface area contributed by atoms with Crippen LogP contribution in [0.4, 0.5) is 4.39 Å². The molecular weight excluding hydrogens is 255 g/mol. The van der Waals surface area contributed by atoms with Gasteiger partial charge in [-0.15, -0.1) is 0 Å². The van der Waals surface area contributed by atoms with Crippen LogP contribution < -0.4 is 0 Å². The first-order chi connectivity index (χ1) is 9.67. The van der Waals surface area contributed by atoms with Crippen LogP contribution in [-0.2, 0) is 9.53 Å². The third-order valence-electron chi connectivity index (χ3n) is 2.98. The molecule has 1 aromatic carbocycles. The monoisotopic (exact) mass is 276 g/mol.